The average Bonchev–Trinajstić information content (AvgIpc) is 3.86. The molecule has 4 N–H and O–H groups in total. The Kier molecular flexibility index (Phi) is 11.0. The Hall–Kier alpha value is -5.27. The lowest BCUT2D eigenvalue weighted by molar-refractivity contribution is -0.144. The van der Waals surface area contributed by atoms with Crippen LogP contribution >= 0.6 is 0 Å². The zero-order chi connectivity index (χ0) is 36.1. The number of aromatic nitrogens is 1. The first-order chi connectivity index (χ1) is 24.6. The Labute approximate surface area is 294 Å². The van der Waals surface area contributed by atoms with E-state index in [0.717, 1.165) is 22.1 Å². The third-order valence-electron chi connectivity index (χ3n) is 9.66. The number of hydrogen-bond donors (Lipinski definition) is 4. The lowest BCUT2D eigenvalue weighted by atomic mass is 9.91. The van der Waals surface area contributed by atoms with Gasteiger partial charge in [-0.1, -0.05) is 60.7 Å². The van der Waals surface area contributed by atoms with Crippen molar-refractivity contribution < 1.29 is 38.1 Å². The van der Waals surface area contributed by atoms with Crippen molar-refractivity contribution in [2.45, 2.75) is 69.7 Å². The first kappa shape index (κ1) is 35.6. The van der Waals surface area contributed by atoms with Gasteiger partial charge in [0.25, 0.3) is 0 Å². The SMILES string of the molecule is CC(NCC(=O)OCc1ccccc1)C(=O)NC(C(=O)N1CCC2C1C(c1c[nH]c3cc(F)ccc13)CN2C(=O)OCc1ccccc1)C(C)O. The number of aliphatic hydroxyl groups is 1. The number of nitrogens with zero attached hydrogens (tertiary/aromatic N) is 2. The predicted molar refractivity (Wildman–Crippen MR) is 186 cm³/mol. The van der Waals surface area contributed by atoms with E-state index >= 15 is 0 Å². The highest BCUT2D eigenvalue weighted by atomic mass is 19.1. The van der Waals surface area contributed by atoms with Crippen LogP contribution in [0.5, 0.6) is 0 Å². The number of ether oxygens (including phenoxy) is 2. The number of carbonyl (C=O) groups is 4. The molecule has 2 saturated heterocycles. The minimum absolute atomic E-state index is 0.0837. The van der Waals surface area contributed by atoms with Crippen molar-refractivity contribution in [2.75, 3.05) is 19.6 Å². The molecule has 3 heterocycles. The van der Waals surface area contributed by atoms with E-state index in [1.807, 2.05) is 60.7 Å². The molecular formula is C38H42FN5O7. The Balaban J connectivity index is 1.16. The molecule has 0 bridgehead atoms. The van der Waals surface area contributed by atoms with Gasteiger partial charge in [-0.15, -0.1) is 0 Å². The number of hydrogen-bond acceptors (Lipinski definition) is 8. The van der Waals surface area contributed by atoms with Gasteiger partial charge in [0.05, 0.1) is 30.8 Å². The molecule has 6 rings (SSSR count). The van der Waals surface area contributed by atoms with E-state index in [9.17, 15) is 28.7 Å². The molecule has 12 nitrogen and oxygen atoms in total. The summed E-state index contributed by atoms with van der Waals surface area (Å²) in [6.45, 7) is 3.41. The van der Waals surface area contributed by atoms with Crippen molar-refractivity contribution in [2.24, 2.45) is 0 Å². The van der Waals surface area contributed by atoms with E-state index in [0.29, 0.717) is 11.9 Å². The third kappa shape index (κ3) is 8.05. The lowest BCUT2D eigenvalue weighted by Crippen LogP contribution is -2.58. The van der Waals surface area contributed by atoms with E-state index in [-0.39, 0.29) is 38.8 Å². The molecule has 0 saturated carbocycles. The number of aliphatic hydroxyl groups excluding tert-OH is 1. The van der Waals surface area contributed by atoms with Gasteiger partial charge in [-0.3, -0.25) is 19.7 Å². The summed E-state index contributed by atoms with van der Waals surface area (Å²) in [6, 6.07) is 19.8. The first-order valence-corrected chi connectivity index (χ1v) is 17.1. The van der Waals surface area contributed by atoms with Crippen molar-refractivity contribution in [3.8, 4) is 0 Å². The maximum absolute atomic E-state index is 14.2. The molecule has 2 aliphatic rings. The summed E-state index contributed by atoms with van der Waals surface area (Å²) >= 11 is 0. The van der Waals surface area contributed by atoms with Gasteiger partial charge in [0.1, 0.15) is 25.1 Å². The standard InChI is InChI=1S/C38H42FN5O7/c1-23(40-19-33(46)50-21-25-9-5-3-6-10-25)36(47)42-34(24(2)45)37(48)43-16-15-32-35(43)30(29-18-41-31-17-27(39)13-14-28(29)31)20-44(32)38(49)51-22-26-11-7-4-8-12-26/h3-14,17-18,23-24,30,32,34-35,40-41,45H,15-16,19-22H2,1-2H3,(H,42,47). The van der Waals surface area contributed by atoms with Crippen molar-refractivity contribution in [3.63, 3.8) is 0 Å². The summed E-state index contributed by atoms with van der Waals surface area (Å²) < 4.78 is 25.1. The second kappa shape index (κ2) is 15.7. The van der Waals surface area contributed by atoms with Gasteiger partial charge >= 0.3 is 12.1 Å². The van der Waals surface area contributed by atoms with Crippen LogP contribution in [0.15, 0.2) is 85.1 Å². The largest absolute Gasteiger partial charge is 0.460 e. The van der Waals surface area contributed by atoms with E-state index in [1.54, 1.807) is 29.0 Å². The molecule has 3 aromatic carbocycles. The second-order valence-electron chi connectivity index (χ2n) is 13.1. The third-order valence-corrected chi connectivity index (χ3v) is 9.66. The van der Waals surface area contributed by atoms with Gasteiger partial charge in [0.15, 0.2) is 0 Å². The van der Waals surface area contributed by atoms with Gasteiger partial charge in [-0.25, -0.2) is 9.18 Å². The van der Waals surface area contributed by atoms with Crippen LogP contribution in [0.1, 0.15) is 42.9 Å². The minimum Gasteiger partial charge on any atom is -0.460 e. The van der Waals surface area contributed by atoms with Crippen LogP contribution in [0.4, 0.5) is 9.18 Å². The first-order valence-electron chi connectivity index (χ1n) is 17.1. The molecule has 13 heteroatoms. The van der Waals surface area contributed by atoms with Gasteiger partial charge in [-0.05, 0) is 55.2 Å². The quantitative estimate of drug-likeness (QED) is 0.164. The molecule has 6 atom stereocenters. The van der Waals surface area contributed by atoms with Crippen LogP contribution in [0.25, 0.3) is 10.9 Å². The molecule has 0 spiro atoms. The smallest absolute Gasteiger partial charge is 0.410 e. The molecule has 268 valence electrons. The minimum atomic E-state index is -1.30. The molecule has 0 radical (unpaired) electrons. The summed E-state index contributed by atoms with van der Waals surface area (Å²) in [6.07, 6.45) is 0.455. The number of benzene rings is 3. The van der Waals surface area contributed by atoms with E-state index in [1.165, 1.54) is 19.1 Å². The maximum atomic E-state index is 14.2. The fraction of sp³-hybridized carbons (Fsp3) is 0.368. The molecule has 6 unspecified atom stereocenters. The molecule has 51 heavy (non-hydrogen) atoms. The van der Waals surface area contributed by atoms with Gasteiger partial charge < -0.3 is 34.7 Å². The molecule has 4 aromatic rings. The predicted octanol–water partition coefficient (Wildman–Crippen LogP) is 3.60. The molecular weight excluding hydrogens is 657 g/mol. The van der Waals surface area contributed by atoms with Crippen molar-refractivity contribution >= 4 is 34.8 Å². The van der Waals surface area contributed by atoms with Gasteiger partial charge in [0, 0.05) is 36.1 Å². The number of amides is 3. The van der Waals surface area contributed by atoms with Gasteiger partial charge in [0.2, 0.25) is 11.8 Å². The Morgan fingerprint density at radius 1 is 0.941 bits per heavy atom. The summed E-state index contributed by atoms with van der Waals surface area (Å²) in [7, 11) is 0. The van der Waals surface area contributed by atoms with Crippen molar-refractivity contribution in [3.05, 3.63) is 108 Å². The van der Waals surface area contributed by atoms with Crippen molar-refractivity contribution in [1.29, 1.82) is 0 Å². The monoisotopic (exact) mass is 699 g/mol. The lowest BCUT2D eigenvalue weighted by Gasteiger charge is -2.33. The number of nitrogens with one attached hydrogen (secondary N) is 3. The van der Waals surface area contributed by atoms with Gasteiger partial charge in [-0.2, -0.15) is 0 Å². The number of aromatic amines is 1. The number of H-pyrrole nitrogens is 1. The van der Waals surface area contributed by atoms with Crippen LogP contribution < -0.4 is 10.6 Å². The molecule has 3 amide bonds. The van der Waals surface area contributed by atoms with E-state index in [2.05, 4.69) is 15.6 Å². The number of esters is 1. The summed E-state index contributed by atoms with van der Waals surface area (Å²) in [5, 5.41) is 17.0. The number of carbonyl (C=O) groups excluding carboxylic acids is 4. The van der Waals surface area contributed by atoms with Crippen molar-refractivity contribution in [1.82, 2.24) is 25.4 Å². The zero-order valence-electron chi connectivity index (χ0n) is 28.5. The molecule has 2 fully saturated rings. The maximum Gasteiger partial charge on any atom is 0.410 e. The Morgan fingerprint density at radius 2 is 1.61 bits per heavy atom. The van der Waals surface area contributed by atoms with Crippen LogP contribution in [0, 0.1) is 5.82 Å². The molecule has 1 aromatic heterocycles. The molecule has 2 aliphatic heterocycles. The van der Waals surface area contributed by atoms with E-state index in [4.69, 9.17) is 9.47 Å². The topological polar surface area (TPSA) is 153 Å². The average molecular weight is 700 g/mol. The van der Waals surface area contributed by atoms with Crippen LogP contribution in [0.3, 0.4) is 0 Å². The number of rotatable bonds is 12. The van der Waals surface area contributed by atoms with Crippen LogP contribution in [-0.4, -0.2) is 93.7 Å². The summed E-state index contributed by atoms with van der Waals surface area (Å²) in [5.74, 6) is -2.42. The number of likely N-dealkylation sites (tertiary alicyclic amines) is 2. The van der Waals surface area contributed by atoms with Crippen LogP contribution in [-0.2, 0) is 37.1 Å². The highest BCUT2D eigenvalue weighted by Gasteiger charge is 2.54. The second-order valence-corrected chi connectivity index (χ2v) is 13.1. The number of halogens is 1. The fourth-order valence-corrected chi connectivity index (χ4v) is 7.02. The van der Waals surface area contributed by atoms with Crippen LogP contribution in [0.2, 0.25) is 0 Å². The number of fused-ring (bicyclic) bond motifs is 2. The highest BCUT2D eigenvalue weighted by molar-refractivity contribution is 5.91. The fourth-order valence-electron chi connectivity index (χ4n) is 7.02. The zero-order valence-corrected chi connectivity index (χ0v) is 28.5. The molecule has 0 aliphatic carbocycles. The summed E-state index contributed by atoms with van der Waals surface area (Å²) in [4.78, 5) is 59.7. The Bertz CT molecular complexity index is 1850. The van der Waals surface area contributed by atoms with E-state index < -0.39 is 60.0 Å². The normalized spacial score (nSPS) is 20.0. The Morgan fingerprint density at radius 3 is 2.27 bits per heavy atom. The summed E-state index contributed by atoms with van der Waals surface area (Å²) in [5.41, 5.74) is 3.06. The highest BCUT2D eigenvalue weighted by Crippen LogP contribution is 2.43.